The van der Waals surface area contributed by atoms with Crippen molar-refractivity contribution in [2.75, 3.05) is 19.0 Å². The van der Waals surface area contributed by atoms with Gasteiger partial charge in [0.25, 0.3) is 0 Å². The van der Waals surface area contributed by atoms with E-state index in [4.69, 9.17) is 4.74 Å². The molecule has 0 atom stereocenters. The predicted octanol–water partition coefficient (Wildman–Crippen LogP) is 3.39. The van der Waals surface area contributed by atoms with E-state index < -0.39 is 0 Å². The fourth-order valence-electron chi connectivity index (χ4n) is 2.46. The second kappa shape index (κ2) is 9.46. The van der Waals surface area contributed by atoms with Crippen LogP contribution in [0.2, 0.25) is 0 Å². The molecule has 0 saturated heterocycles. The average molecular weight is 355 g/mol. The number of hydrogen-bond donors (Lipinski definition) is 2. The van der Waals surface area contributed by atoms with Crippen molar-refractivity contribution in [1.29, 1.82) is 0 Å². The minimum absolute atomic E-state index is 0.0487. The Bertz CT molecular complexity index is 727. The van der Waals surface area contributed by atoms with E-state index in [1.54, 1.807) is 18.9 Å². The molecule has 0 spiro atoms. The van der Waals surface area contributed by atoms with Gasteiger partial charge < -0.3 is 20.3 Å². The molecule has 0 aliphatic heterocycles. The van der Waals surface area contributed by atoms with Crippen LogP contribution >= 0.6 is 0 Å². The lowest BCUT2D eigenvalue weighted by Crippen LogP contribution is -2.28. The first kappa shape index (κ1) is 19.3. The highest BCUT2D eigenvalue weighted by Crippen LogP contribution is 2.13. The number of benzene rings is 2. The minimum Gasteiger partial charge on any atom is -0.497 e. The second-order valence-corrected chi connectivity index (χ2v) is 5.89. The zero-order chi connectivity index (χ0) is 18.9. The fourth-order valence-corrected chi connectivity index (χ4v) is 2.46. The maximum atomic E-state index is 12.0. The molecule has 26 heavy (non-hydrogen) atoms. The largest absolute Gasteiger partial charge is 0.497 e. The lowest BCUT2D eigenvalue weighted by molar-refractivity contribution is -0.129. The van der Waals surface area contributed by atoms with Crippen molar-refractivity contribution in [2.45, 2.75) is 26.9 Å². The second-order valence-electron chi connectivity index (χ2n) is 5.89. The van der Waals surface area contributed by atoms with E-state index >= 15 is 0 Å². The highest BCUT2D eigenvalue weighted by Gasteiger charge is 2.07. The summed E-state index contributed by atoms with van der Waals surface area (Å²) in [5, 5.41) is 5.61. The number of carbonyl (C=O) groups is 2. The molecule has 3 amide bonds. The van der Waals surface area contributed by atoms with Crippen LogP contribution in [0.1, 0.15) is 25.0 Å². The molecule has 6 nitrogen and oxygen atoms in total. The molecule has 0 aliphatic carbocycles. The Morgan fingerprint density at radius 1 is 1.00 bits per heavy atom. The van der Waals surface area contributed by atoms with Crippen LogP contribution in [0.15, 0.2) is 48.5 Å². The first-order valence-corrected chi connectivity index (χ1v) is 8.54. The first-order valence-electron chi connectivity index (χ1n) is 8.54. The Hall–Kier alpha value is -3.02. The van der Waals surface area contributed by atoms with Crippen LogP contribution in [0.5, 0.6) is 5.75 Å². The third kappa shape index (κ3) is 5.81. The van der Waals surface area contributed by atoms with E-state index in [0.29, 0.717) is 25.3 Å². The molecule has 2 N–H and O–H groups in total. The molecule has 138 valence electrons. The van der Waals surface area contributed by atoms with Crippen LogP contribution in [-0.4, -0.2) is 30.5 Å². The van der Waals surface area contributed by atoms with E-state index in [9.17, 15) is 9.59 Å². The monoisotopic (exact) mass is 355 g/mol. The summed E-state index contributed by atoms with van der Waals surface area (Å²) < 4.78 is 5.11. The first-order chi connectivity index (χ1) is 12.5. The maximum Gasteiger partial charge on any atom is 0.319 e. The van der Waals surface area contributed by atoms with E-state index in [-0.39, 0.29) is 11.9 Å². The Morgan fingerprint density at radius 3 is 2.15 bits per heavy atom. The molecule has 0 aliphatic rings. The summed E-state index contributed by atoms with van der Waals surface area (Å²) in [7, 11) is 1.62. The summed E-state index contributed by atoms with van der Waals surface area (Å²) in [6, 6.07) is 14.7. The molecule has 6 heteroatoms. The van der Waals surface area contributed by atoms with Gasteiger partial charge >= 0.3 is 6.03 Å². The number of ether oxygens (including phenoxy) is 1. The van der Waals surface area contributed by atoms with Crippen LogP contribution in [-0.2, 0) is 17.9 Å². The third-order valence-electron chi connectivity index (χ3n) is 4.02. The normalized spacial score (nSPS) is 10.1. The lowest BCUT2D eigenvalue weighted by Gasteiger charge is -2.19. The lowest BCUT2D eigenvalue weighted by atomic mass is 10.2. The Kier molecular flexibility index (Phi) is 7.02. The van der Waals surface area contributed by atoms with Crippen molar-refractivity contribution in [3.05, 3.63) is 59.7 Å². The number of amides is 3. The quantitative estimate of drug-likeness (QED) is 0.800. The highest BCUT2D eigenvalue weighted by atomic mass is 16.5. The van der Waals surface area contributed by atoms with Gasteiger partial charge in [-0.1, -0.05) is 24.3 Å². The molecule has 0 bridgehead atoms. The van der Waals surface area contributed by atoms with E-state index in [0.717, 1.165) is 16.9 Å². The number of hydrogen-bond acceptors (Lipinski definition) is 3. The summed E-state index contributed by atoms with van der Waals surface area (Å²) in [5.41, 5.74) is 2.71. The molecule has 0 aromatic heterocycles. The molecule has 0 radical (unpaired) electrons. The van der Waals surface area contributed by atoms with Gasteiger partial charge in [-0.2, -0.15) is 0 Å². The summed E-state index contributed by atoms with van der Waals surface area (Å²) in [4.78, 5) is 25.2. The van der Waals surface area contributed by atoms with Crippen molar-refractivity contribution in [3.8, 4) is 5.75 Å². The Labute approximate surface area is 154 Å². The van der Waals surface area contributed by atoms with Crippen LogP contribution < -0.4 is 15.4 Å². The van der Waals surface area contributed by atoms with Crippen molar-refractivity contribution in [2.24, 2.45) is 0 Å². The molecule has 2 aromatic carbocycles. The number of rotatable bonds is 7. The number of anilines is 1. The number of urea groups is 1. The van der Waals surface area contributed by atoms with Gasteiger partial charge in [-0.15, -0.1) is 0 Å². The average Bonchev–Trinajstić information content (AvgIpc) is 2.66. The predicted molar refractivity (Wildman–Crippen MR) is 102 cm³/mol. The summed E-state index contributed by atoms with van der Waals surface area (Å²) in [5.74, 6) is 0.831. The highest BCUT2D eigenvalue weighted by molar-refractivity contribution is 5.89. The van der Waals surface area contributed by atoms with Crippen molar-refractivity contribution in [1.82, 2.24) is 10.2 Å². The molecule has 2 aromatic rings. The van der Waals surface area contributed by atoms with Gasteiger partial charge in [0, 0.05) is 32.2 Å². The van der Waals surface area contributed by atoms with E-state index in [1.165, 1.54) is 0 Å². The number of methoxy groups -OCH3 is 1. The van der Waals surface area contributed by atoms with Gasteiger partial charge in [-0.3, -0.25) is 4.79 Å². The van der Waals surface area contributed by atoms with Gasteiger partial charge in [0.1, 0.15) is 5.75 Å². The molecule has 0 heterocycles. The number of nitrogens with zero attached hydrogens (tertiary/aromatic N) is 1. The topological polar surface area (TPSA) is 70.7 Å². The molecule has 0 unspecified atom stereocenters. The summed E-state index contributed by atoms with van der Waals surface area (Å²) in [6.45, 7) is 5.17. The van der Waals surface area contributed by atoms with Crippen molar-refractivity contribution in [3.63, 3.8) is 0 Å². The van der Waals surface area contributed by atoms with Gasteiger partial charge in [-0.25, -0.2) is 4.79 Å². The standard InChI is InChI=1S/C20H25N3O3/c1-4-23(15(2)24)14-17-5-9-18(10-6-17)22-20(25)21-13-16-7-11-19(26-3)12-8-16/h5-12H,4,13-14H2,1-3H3,(H2,21,22,25). The smallest absolute Gasteiger partial charge is 0.319 e. The minimum atomic E-state index is -0.271. The molecular formula is C20H25N3O3. The third-order valence-corrected chi connectivity index (χ3v) is 4.02. The Balaban J connectivity index is 1.83. The molecule has 2 rings (SSSR count). The zero-order valence-electron chi connectivity index (χ0n) is 15.4. The van der Waals surface area contributed by atoms with E-state index in [1.807, 2.05) is 55.5 Å². The molecule has 0 fully saturated rings. The van der Waals surface area contributed by atoms with Gasteiger partial charge in [-0.05, 0) is 42.3 Å². The number of carbonyl (C=O) groups excluding carboxylic acids is 2. The van der Waals surface area contributed by atoms with Crippen molar-refractivity contribution >= 4 is 17.6 Å². The van der Waals surface area contributed by atoms with Crippen LogP contribution in [0, 0.1) is 0 Å². The summed E-state index contributed by atoms with van der Waals surface area (Å²) in [6.07, 6.45) is 0. The maximum absolute atomic E-state index is 12.0. The van der Waals surface area contributed by atoms with Crippen molar-refractivity contribution < 1.29 is 14.3 Å². The van der Waals surface area contributed by atoms with Gasteiger partial charge in [0.05, 0.1) is 7.11 Å². The van der Waals surface area contributed by atoms with Gasteiger partial charge in [0.2, 0.25) is 5.91 Å². The SMILES string of the molecule is CCN(Cc1ccc(NC(=O)NCc2ccc(OC)cc2)cc1)C(C)=O. The zero-order valence-corrected chi connectivity index (χ0v) is 15.4. The van der Waals surface area contributed by atoms with Crippen LogP contribution in [0.3, 0.4) is 0 Å². The number of nitrogens with one attached hydrogen (secondary N) is 2. The summed E-state index contributed by atoms with van der Waals surface area (Å²) >= 11 is 0. The van der Waals surface area contributed by atoms with E-state index in [2.05, 4.69) is 10.6 Å². The Morgan fingerprint density at radius 2 is 1.62 bits per heavy atom. The van der Waals surface area contributed by atoms with Crippen LogP contribution in [0.25, 0.3) is 0 Å². The molecule has 0 saturated carbocycles. The fraction of sp³-hybridized carbons (Fsp3) is 0.300. The van der Waals surface area contributed by atoms with Crippen LogP contribution in [0.4, 0.5) is 10.5 Å². The molecular weight excluding hydrogens is 330 g/mol. The van der Waals surface area contributed by atoms with Gasteiger partial charge in [0.15, 0.2) is 0 Å².